The van der Waals surface area contributed by atoms with Crippen molar-refractivity contribution in [1.82, 2.24) is 20.2 Å². The molecule has 3 rings (SSSR count). The normalized spacial score (nSPS) is 11.5. The van der Waals surface area contributed by atoms with Crippen molar-refractivity contribution in [2.75, 3.05) is 5.43 Å². The van der Waals surface area contributed by atoms with E-state index >= 15 is 0 Å². The zero-order chi connectivity index (χ0) is 20.6. The zero-order valence-corrected chi connectivity index (χ0v) is 14.5. The molecule has 146 valence electrons. The molecule has 2 heterocycles. The molecular formula is C16H13F3N6O3. The van der Waals surface area contributed by atoms with Gasteiger partial charge in [-0.3, -0.25) is 30.4 Å². The number of alkyl halides is 3. The van der Waals surface area contributed by atoms with Crippen LogP contribution in [0.15, 0.2) is 30.5 Å². The lowest BCUT2D eigenvalue weighted by Gasteiger charge is -2.11. The number of amides is 1. The van der Waals surface area contributed by atoms with Gasteiger partial charge in [-0.15, -0.1) is 0 Å². The molecule has 0 aliphatic rings. The third-order valence-electron chi connectivity index (χ3n) is 3.96. The summed E-state index contributed by atoms with van der Waals surface area (Å²) in [6, 6.07) is 3.48. The van der Waals surface area contributed by atoms with Gasteiger partial charge >= 0.3 is 6.18 Å². The number of nitrogens with zero attached hydrogens (tertiary/aromatic N) is 4. The second-order valence-electron chi connectivity index (χ2n) is 5.87. The van der Waals surface area contributed by atoms with E-state index < -0.39 is 28.3 Å². The summed E-state index contributed by atoms with van der Waals surface area (Å²) in [6.07, 6.45) is -3.43. The van der Waals surface area contributed by atoms with Gasteiger partial charge in [-0.25, -0.2) is 4.98 Å². The number of hydrogen-bond donors (Lipinski definition) is 2. The van der Waals surface area contributed by atoms with Crippen molar-refractivity contribution in [3.8, 4) is 0 Å². The molecule has 1 amide bonds. The predicted octanol–water partition coefficient (Wildman–Crippen LogP) is 2.96. The molecule has 0 fully saturated rings. The number of aromatic nitrogens is 3. The fraction of sp³-hybridized carbons (Fsp3) is 0.188. The summed E-state index contributed by atoms with van der Waals surface area (Å²) in [5, 5.41) is 15.9. The van der Waals surface area contributed by atoms with E-state index in [0.717, 1.165) is 6.07 Å². The van der Waals surface area contributed by atoms with Crippen LogP contribution in [0.4, 0.5) is 24.5 Å². The van der Waals surface area contributed by atoms with Crippen LogP contribution in [0, 0.1) is 17.0 Å². The molecule has 9 nitrogen and oxygen atoms in total. The number of hydrazine groups is 1. The molecule has 0 atom stereocenters. The van der Waals surface area contributed by atoms with Crippen molar-refractivity contribution >= 4 is 28.3 Å². The molecule has 0 spiro atoms. The zero-order valence-electron chi connectivity index (χ0n) is 14.5. The topological polar surface area (TPSA) is 115 Å². The van der Waals surface area contributed by atoms with Crippen LogP contribution in [0.25, 0.3) is 11.0 Å². The SMILES string of the molecule is Cc1nn(C)c2ncc(C(=O)NNc3ccc(C(F)(F)F)cc3[N+](=O)[O-])cc12. The van der Waals surface area contributed by atoms with Crippen LogP contribution >= 0.6 is 0 Å². The van der Waals surface area contributed by atoms with Crippen molar-refractivity contribution in [3.63, 3.8) is 0 Å². The summed E-state index contributed by atoms with van der Waals surface area (Å²) >= 11 is 0. The fourth-order valence-corrected chi connectivity index (χ4v) is 2.59. The second kappa shape index (κ2) is 6.79. The van der Waals surface area contributed by atoms with Crippen LogP contribution in [0.3, 0.4) is 0 Å². The average Bonchev–Trinajstić information content (AvgIpc) is 2.92. The number of fused-ring (bicyclic) bond motifs is 1. The molecule has 0 saturated heterocycles. The minimum absolute atomic E-state index is 0.144. The molecule has 0 radical (unpaired) electrons. The van der Waals surface area contributed by atoms with Gasteiger partial charge in [0.05, 0.1) is 21.7 Å². The summed E-state index contributed by atoms with van der Waals surface area (Å²) in [5.41, 5.74) is 3.58. The van der Waals surface area contributed by atoms with Gasteiger partial charge in [0, 0.05) is 24.7 Å². The third kappa shape index (κ3) is 3.56. The first-order valence-electron chi connectivity index (χ1n) is 7.79. The molecule has 28 heavy (non-hydrogen) atoms. The first-order valence-corrected chi connectivity index (χ1v) is 7.79. The largest absolute Gasteiger partial charge is 0.416 e. The van der Waals surface area contributed by atoms with Crippen LogP contribution < -0.4 is 10.9 Å². The Balaban J connectivity index is 1.83. The van der Waals surface area contributed by atoms with Crippen molar-refractivity contribution in [1.29, 1.82) is 0 Å². The van der Waals surface area contributed by atoms with Crippen LogP contribution in [-0.4, -0.2) is 25.6 Å². The standard InChI is InChI=1S/C16H13F3N6O3/c1-8-11-5-9(7-20-14(11)24(2)23-8)15(26)22-21-12-4-3-10(16(17,18)19)6-13(12)25(27)28/h3-7,21H,1-2H3,(H,22,26). The molecule has 0 aliphatic carbocycles. The van der Waals surface area contributed by atoms with Gasteiger partial charge < -0.3 is 0 Å². The first-order chi connectivity index (χ1) is 13.1. The monoisotopic (exact) mass is 394 g/mol. The van der Waals surface area contributed by atoms with E-state index in [1.54, 1.807) is 24.7 Å². The highest BCUT2D eigenvalue weighted by Gasteiger charge is 2.33. The Kier molecular flexibility index (Phi) is 4.63. The molecule has 0 aliphatic heterocycles. The summed E-state index contributed by atoms with van der Waals surface area (Å²) < 4.78 is 39.8. The number of aryl methyl sites for hydroxylation is 2. The molecule has 2 aromatic heterocycles. The molecule has 1 aromatic carbocycles. The Morgan fingerprint density at radius 1 is 1.29 bits per heavy atom. The Bertz CT molecular complexity index is 1090. The number of anilines is 1. The number of carbonyl (C=O) groups excluding carboxylic acids is 1. The molecular weight excluding hydrogens is 381 g/mol. The van der Waals surface area contributed by atoms with Crippen LogP contribution in [0.2, 0.25) is 0 Å². The molecule has 0 saturated carbocycles. The Morgan fingerprint density at radius 3 is 2.64 bits per heavy atom. The number of nitro groups is 1. The molecule has 12 heteroatoms. The van der Waals surface area contributed by atoms with Crippen molar-refractivity contribution < 1.29 is 22.9 Å². The number of benzene rings is 1. The number of nitro benzene ring substituents is 1. The van der Waals surface area contributed by atoms with E-state index in [9.17, 15) is 28.1 Å². The van der Waals surface area contributed by atoms with Crippen molar-refractivity contribution in [2.24, 2.45) is 7.05 Å². The third-order valence-corrected chi connectivity index (χ3v) is 3.96. The minimum atomic E-state index is -4.73. The van der Waals surface area contributed by atoms with Gasteiger partial charge in [0.1, 0.15) is 5.69 Å². The molecule has 2 N–H and O–H groups in total. The van der Waals surface area contributed by atoms with Gasteiger partial charge in [-0.2, -0.15) is 18.3 Å². The van der Waals surface area contributed by atoms with Crippen molar-refractivity contribution in [3.05, 3.63) is 57.4 Å². The van der Waals surface area contributed by atoms with Gasteiger partial charge in [0.2, 0.25) is 0 Å². The highest BCUT2D eigenvalue weighted by Crippen LogP contribution is 2.34. The van der Waals surface area contributed by atoms with E-state index in [4.69, 9.17) is 0 Å². The smallest absolute Gasteiger partial charge is 0.292 e. The Hall–Kier alpha value is -3.70. The number of hydrogen-bond acceptors (Lipinski definition) is 6. The maximum atomic E-state index is 12.7. The quantitative estimate of drug-likeness (QED) is 0.519. The molecule has 0 bridgehead atoms. The summed E-state index contributed by atoms with van der Waals surface area (Å²) in [7, 11) is 1.70. The number of pyridine rings is 1. The van der Waals surface area contributed by atoms with E-state index in [2.05, 4.69) is 20.9 Å². The Labute approximate surface area is 155 Å². The lowest BCUT2D eigenvalue weighted by Crippen LogP contribution is -2.29. The number of carbonyl (C=O) groups is 1. The Morgan fingerprint density at radius 2 is 2.00 bits per heavy atom. The molecule has 3 aromatic rings. The summed E-state index contributed by atoms with van der Waals surface area (Å²) in [4.78, 5) is 26.5. The van der Waals surface area contributed by atoms with E-state index in [1.165, 1.54) is 6.20 Å². The number of rotatable bonds is 4. The summed E-state index contributed by atoms with van der Waals surface area (Å²) in [6.45, 7) is 1.75. The van der Waals surface area contributed by atoms with Crippen molar-refractivity contribution in [2.45, 2.75) is 13.1 Å². The maximum absolute atomic E-state index is 12.7. The van der Waals surface area contributed by atoms with Gasteiger partial charge in [-0.05, 0) is 25.1 Å². The number of halogens is 3. The highest BCUT2D eigenvalue weighted by molar-refractivity contribution is 5.98. The highest BCUT2D eigenvalue weighted by atomic mass is 19.4. The predicted molar refractivity (Wildman–Crippen MR) is 92.4 cm³/mol. The fourth-order valence-electron chi connectivity index (χ4n) is 2.59. The van der Waals surface area contributed by atoms with E-state index in [0.29, 0.717) is 28.9 Å². The molecule has 0 unspecified atom stereocenters. The van der Waals surface area contributed by atoms with Gasteiger partial charge in [0.25, 0.3) is 11.6 Å². The maximum Gasteiger partial charge on any atom is 0.416 e. The van der Waals surface area contributed by atoms with Crippen LogP contribution in [0.5, 0.6) is 0 Å². The van der Waals surface area contributed by atoms with E-state index in [-0.39, 0.29) is 11.3 Å². The second-order valence-corrected chi connectivity index (χ2v) is 5.87. The summed E-state index contributed by atoms with van der Waals surface area (Å²) in [5.74, 6) is -0.674. The lowest BCUT2D eigenvalue weighted by atomic mass is 10.1. The van der Waals surface area contributed by atoms with E-state index in [1.807, 2.05) is 0 Å². The van der Waals surface area contributed by atoms with Crippen LogP contribution in [0.1, 0.15) is 21.6 Å². The minimum Gasteiger partial charge on any atom is -0.292 e. The first kappa shape index (κ1) is 19.1. The van der Waals surface area contributed by atoms with Gasteiger partial charge in [-0.1, -0.05) is 0 Å². The van der Waals surface area contributed by atoms with Crippen LogP contribution in [-0.2, 0) is 13.2 Å². The lowest BCUT2D eigenvalue weighted by molar-refractivity contribution is -0.384. The van der Waals surface area contributed by atoms with Gasteiger partial charge in [0.15, 0.2) is 5.65 Å². The average molecular weight is 394 g/mol. The number of nitrogens with one attached hydrogen (secondary N) is 2.